The number of hydrogen-bond donors (Lipinski definition) is 1. The lowest BCUT2D eigenvalue weighted by Crippen LogP contribution is -2.11. The number of nitrogens with one attached hydrogen (secondary N) is 1. The SMILES string of the molecule is Cc1ccc(NCCOc2cc(C)c(Cl)c(C)c2)cc1C. The maximum absolute atomic E-state index is 6.15. The van der Waals surface area contributed by atoms with Crippen LogP contribution in [-0.4, -0.2) is 13.2 Å². The molecule has 0 radical (unpaired) electrons. The summed E-state index contributed by atoms with van der Waals surface area (Å²) in [6, 6.07) is 10.3. The van der Waals surface area contributed by atoms with Gasteiger partial charge in [-0.05, 0) is 74.2 Å². The number of anilines is 1. The van der Waals surface area contributed by atoms with E-state index in [2.05, 4.69) is 37.4 Å². The van der Waals surface area contributed by atoms with E-state index in [1.807, 2.05) is 26.0 Å². The van der Waals surface area contributed by atoms with Crippen molar-refractivity contribution in [2.75, 3.05) is 18.5 Å². The van der Waals surface area contributed by atoms with Crippen LogP contribution < -0.4 is 10.1 Å². The predicted molar refractivity (Wildman–Crippen MR) is 90.8 cm³/mol. The number of aryl methyl sites for hydroxylation is 4. The van der Waals surface area contributed by atoms with E-state index in [9.17, 15) is 0 Å². The van der Waals surface area contributed by atoms with Crippen LogP contribution in [0.1, 0.15) is 22.3 Å². The van der Waals surface area contributed by atoms with Crippen molar-refractivity contribution in [3.05, 3.63) is 57.6 Å². The van der Waals surface area contributed by atoms with Crippen LogP contribution in [0.3, 0.4) is 0 Å². The first-order valence-corrected chi connectivity index (χ1v) is 7.56. The Labute approximate surface area is 132 Å². The van der Waals surface area contributed by atoms with Crippen LogP contribution in [0.2, 0.25) is 5.02 Å². The summed E-state index contributed by atoms with van der Waals surface area (Å²) in [5.74, 6) is 0.872. The standard InChI is InChI=1S/C18H22ClNO/c1-12-5-6-16(9-13(12)2)20-7-8-21-17-10-14(3)18(19)15(4)11-17/h5-6,9-11,20H,7-8H2,1-4H3. The van der Waals surface area contributed by atoms with Gasteiger partial charge in [-0.2, -0.15) is 0 Å². The second-order valence-corrected chi connectivity index (χ2v) is 5.82. The topological polar surface area (TPSA) is 21.3 Å². The molecule has 1 N–H and O–H groups in total. The van der Waals surface area contributed by atoms with Gasteiger partial charge < -0.3 is 10.1 Å². The maximum Gasteiger partial charge on any atom is 0.120 e. The molecule has 0 aromatic heterocycles. The van der Waals surface area contributed by atoms with Crippen molar-refractivity contribution < 1.29 is 4.74 Å². The summed E-state index contributed by atoms with van der Waals surface area (Å²) in [7, 11) is 0. The van der Waals surface area contributed by atoms with Crippen molar-refractivity contribution in [3.63, 3.8) is 0 Å². The van der Waals surface area contributed by atoms with E-state index in [4.69, 9.17) is 16.3 Å². The van der Waals surface area contributed by atoms with E-state index in [-0.39, 0.29) is 0 Å². The van der Waals surface area contributed by atoms with E-state index < -0.39 is 0 Å². The first-order valence-electron chi connectivity index (χ1n) is 7.18. The monoisotopic (exact) mass is 303 g/mol. The molecule has 0 amide bonds. The van der Waals surface area contributed by atoms with Gasteiger partial charge in [0, 0.05) is 17.3 Å². The number of hydrogen-bond acceptors (Lipinski definition) is 2. The van der Waals surface area contributed by atoms with E-state index in [1.165, 1.54) is 11.1 Å². The molecule has 2 aromatic rings. The third-order valence-corrected chi connectivity index (χ3v) is 4.21. The third-order valence-electron chi connectivity index (χ3n) is 3.62. The minimum Gasteiger partial charge on any atom is -0.492 e. The van der Waals surface area contributed by atoms with Gasteiger partial charge in [0.1, 0.15) is 12.4 Å². The minimum absolute atomic E-state index is 0.618. The Morgan fingerprint density at radius 2 is 1.57 bits per heavy atom. The molecule has 0 aliphatic carbocycles. The smallest absolute Gasteiger partial charge is 0.120 e. The Hall–Kier alpha value is -1.67. The van der Waals surface area contributed by atoms with Gasteiger partial charge >= 0.3 is 0 Å². The summed E-state index contributed by atoms with van der Waals surface area (Å²) in [4.78, 5) is 0. The fraction of sp³-hybridized carbons (Fsp3) is 0.333. The summed E-state index contributed by atoms with van der Waals surface area (Å²) in [5.41, 5.74) is 5.83. The second-order valence-electron chi connectivity index (χ2n) is 5.45. The van der Waals surface area contributed by atoms with Crippen LogP contribution in [0.15, 0.2) is 30.3 Å². The fourth-order valence-corrected chi connectivity index (χ4v) is 2.31. The lowest BCUT2D eigenvalue weighted by atomic mass is 10.1. The molecule has 0 heterocycles. The second kappa shape index (κ2) is 6.86. The Balaban J connectivity index is 1.86. The minimum atomic E-state index is 0.618. The molecule has 2 nitrogen and oxygen atoms in total. The first kappa shape index (κ1) is 15.7. The lowest BCUT2D eigenvalue weighted by Gasteiger charge is -2.12. The molecule has 0 spiro atoms. The van der Waals surface area contributed by atoms with Gasteiger partial charge in [0.25, 0.3) is 0 Å². The van der Waals surface area contributed by atoms with E-state index in [0.29, 0.717) is 6.61 Å². The third kappa shape index (κ3) is 4.15. The molecule has 0 saturated heterocycles. The first-order chi connectivity index (χ1) is 9.97. The molecular weight excluding hydrogens is 282 g/mol. The quantitative estimate of drug-likeness (QED) is 0.779. The molecule has 0 bridgehead atoms. The Morgan fingerprint density at radius 3 is 2.19 bits per heavy atom. The van der Waals surface area contributed by atoms with Crippen molar-refractivity contribution in [2.24, 2.45) is 0 Å². The summed E-state index contributed by atoms with van der Waals surface area (Å²) in [6.07, 6.45) is 0. The zero-order chi connectivity index (χ0) is 15.4. The number of halogens is 1. The average molecular weight is 304 g/mol. The molecule has 0 atom stereocenters. The summed E-state index contributed by atoms with van der Waals surface area (Å²) >= 11 is 6.15. The predicted octanol–water partition coefficient (Wildman–Crippen LogP) is 5.06. The summed E-state index contributed by atoms with van der Waals surface area (Å²) in [6.45, 7) is 9.62. The van der Waals surface area contributed by atoms with Crippen molar-refractivity contribution in [3.8, 4) is 5.75 Å². The van der Waals surface area contributed by atoms with Gasteiger partial charge in [0.05, 0.1) is 0 Å². The van der Waals surface area contributed by atoms with Crippen LogP contribution in [0.5, 0.6) is 5.75 Å². The molecule has 0 unspecified atom stereocenters. The number of ether oxygens (including phenoxy) is 1. The lowest BCUT2D eigenvalue weighted by molar-refractivity contribution is 0.332. The van der Waals surface area contributed by atoms with Gasteiger partial charge in [-0.3, -0.25) is 0 Å². The summed E-state index contributed by atoms with van der Waals surface area (Å²) < 4.78 is 5.78. The Morgan fingerprint density at radius 1 is 0.905 bits per heavy atom. The molecule has 2 aromatic carbocycles. The highest BCUT2D eigenvalue weighted by atomic mass is 35.5. The van der Waals surface area contributed by atoms with Crippen molar-refractivity contribution >= 4 is 17.3 Å². The van der Waals surface area contributed by atoms with Gasteiger partial charge in [0.2, 0.25) is 0 Å². The molecule has 0 aliphatic heterocycles. The normalized spacial score (nSPS) is 10.5. The molecule has 0 fully saturated rings. The highest BCUT2D eigenvalue weighted by Crippen LogP contribution is 2.25. The largest absolute Gasteiger partial charge is 0.492 e. The molecule has 2 rings (SSSR count). The molecule has 112 valence electrons. The zero-order valence-corrected chi connectivity index (χ0v) is 13.8. The Bertz CT molecular complexity index is 614. The van der Waals surface area contributed by atoms with E-state index >= 15 is 0 Å². The highest BCUT2D eigenvalue weighted by molar-refractivity contribution is 6.32. The molecule has 3 heteroatoms. The summed E-state index contributed by atoms with van der Waals surface area (Å²) in [5, 5.41) is 4.19. The van der Waals surface area contributed by atoms with Gasteiger partial charge in [-0.1, -0.05) is 17.7 Å². The van der Waals surface area contributed by atoms with Crippen LogP contribution >= 0.6 is 11.6 Å². The number of benzene rings is 2. The zero-order valence-electron chi connectivity index (χ0n) is 13.1. The average Bonchev–Trinajstić information content (AvgIpc) is 2.44. The van der Waals surface area contributed by atoms with Crippen LogP contribution in [0.25, 0.3) is 0 Å². The molecule has 0 aliphatic rings. The number of rotatable bonds is 5. The molecule has 0 saturated carbocycles. The van der Waals surface area contributed by atoms with Gasteiger partial charge in [-0.25, -0.2) is 0 Å². The van der Waals surface area contributed by atoms with Crippen LogP contribution in [0.4, 0.5) is 5.69 Å². The van der Waals surface area contributed by atoms with Gasteiger partial charge in [-0.15, -0.1) is 0 Å². The van der Waals surface area contributed by atoms with Crippen molar-refractivity contribution in [1.29, 1.82) is 0 Å². The fourth-order valence-electron chi connectivity index (χ4n) is 2.21. The van der Waals surface area contributed by atoms with E-state index in [1.54, 1.807) is 0 Å². The van der Waals surface area contributed by atoms with E-state index in [0.717, 1.165) is 34.1 Å². The van der Waals surface area contributed by atoms with Gasteiger partial charge in [0.15, 0.2) is 0 Å². The highest BCUT2D eigenvalue weighted by Gasteiger charge is 2.03. The Kier molecular flexibility index (Phi) is 5.13. The van der Waals surface area contributed by atoms with Crippen molar-refractivity contribution in [2.45, 2.75) is 27.7 Å². The van der Waals surface area contributed by atoms with Crippen LogP contribution in [-0.2, 0) is 0 Å². The molecule has 21 heavy (non-hydrogen) atoms. The molecular formula is C18H22ClNO. The maximum atomic E-state index is 6.15. The van der Waals surface area contributed by atoms with Crippen molar-refractivity contribution in [1.82, 2.24) is 0 Å². The van der Waals surface area contributed by atoms with Crippen LogP contribution in [0, 0.1) is 27.7 Å².